The molecule has 0 aliphatic carbocycles. The molecule has 0 aromatic carbocycles. The molecule has 0 spiro atoms. The number of carboxylic acids is 1. The Balaban J connectivity index is -0.000000126. The van der Waals surface area contributed by atoms with E-state index in [0.717, 1.165) is 6.42 Å². The van der Waals surface area contributed by atoms with Gasteiger partial charge in [0.25, 0.3) is 0 Å². The van der Waals surface area contributed by atoms with E-state index < -0.39 is 5.97 Å². The lowest BCUT2D eigenvalue weighted by Gasteiger charge is -1.79. The average molecular weight is 211 g/mol. The van der Waals surface area contributed by atoms with Crippen molar-refractivity contribution in [3.63, 3.8) is 0 Å². The molecular formula is C8H20AlClO2. The summed E-state index contributed by atoms with van der Waals surface area (Å²) >= 11 is 0.432. The van der Waals surface area contributed by atoms with Crippen molar-refractivity contribution in [2.75, 3.05) is 0 Å². The molecule has 0 amide bonds. The molecule has 0 unspecified atom stereocenters. The number of carboxylic acid groups (broad SMARTS) is 1. The zero-order valence-electron chi connectivity index (χ0n) is 8.30. The van der Waals surface area contributed by atoms with Crippen LogP contribution in [0.15, 0.2) is 0 Å². The molecule has 4 heteroatoms. The molecule has 2 nitrogen and oxygen atoms in total. The first kappa shape index (κ1) is 18.2. The van der Waals surface area contributed by atoms with E-state index in [2.05, 4.69) is 13.8 Å². The number of hydrogen-bond acceptors (Lipinski definition) is 1. The van der Waals surface area contributed by atoms with E-state index in [1.807, 2.05) is 6.92 Å². The summed E-state index contributed by atoms with van der Waals surface area (Å²) in [6.07, 6.45) is 1.02. The fourth-order valence-corrected chi connectivity index (χ4v) is 1.27. The van der Waals surface area contributed by atoms with Gasteiger partial charge in [0.05, 0.1) is 0 Å². The van der Waals surface area contributed by atoms with Crippen LogP contribution in [0.5, 0.6) is 0 Å². The summed E-state index contributed by atoms with van der Waals surface area (Å²) in [7, 11) is 0. The van der Waals surface area contributed by atoms with E-state index >= 15 is 0 Å². The molecule has 0 radical (unpaired) electrons. The second kappa shape index (κ2) is 17.4. The minimum Gasteiger partial charge on any atom is -0.481 e. The predicted molar refractivity (Wildman–Crippen MR) is 57.9 cm³/mol. The van der Waals surface area contributed by atoms with Gasteiger partial charge in [-0.1, -0.05) is 20.8 Å². The van der Waals surface area contributed by atoms with Gasteiger partial charge >= 0.3 is 5.97 Å². The Labute approximate surface area is 87.9 Å². The number of hydrogen-bond donors (Lipinski definition) is 1. The van der Waals surface area contributed by atoms with E-state index in [1.54, 1.807) is 0 Å². The molecule has 0 aromatic heterocycles. The molecule has 0 aliphatic heterocycles. The summed E-state index contributed by atoms with van der Waals surface area (Å²) in [5.41, 5.74) is 0. The second-order valence-corrected chi connectivity index (χ2v) is 5.20. The molecular weight excluding hydrogens is 191 g/mol. The monoisotopic (exact) mass is 210 g/mol. The Hall–Kier alpha value is 0.292. The van der Waals surface area contributed by atoms with Crippen molar-refractivity contribution < 1.29 is 9.90 Å². The van der Waals surface area contributed by atoms with Crippen LogP contribution >= 0.6 is 12.4 Å². The van der Waals surface area contributed by atoms with Crippen LogP contribution in [0, 0.1) is 0 Å². The zero-order valence-corrected chi connectivity index (χ0v) is 10.5. The highest BCUT2D eigenvalue weighted by atomic mass is 35.5. The van der Waals surface area contributed by atoms with Crippen LogP contribution in [-0.2, 0) is 4.79 Å². The SMILES string of the molecule is CCCC(=O)O.C[CH2][AlH][CH2]C.Cl. The average Bonchev–Trinajstić information content (AvgIpc) is 1.90. The van der Waals surface area contributed by atoms with E-state index in [1.165, 1.54) is 10.6 Å². The summed E-state index contributed by atoms with van der Waals surface area (Å²) in [4.78, 5) is 9.60. The normalized spacial score (nSPS) is 7.25. The second-order valence-electron chi connectivity index (χ2n) is 2.50. The number of carbonyl (C=O) groups is 1. The van der Waals surface area contributed by atoms with E-state index in [0.29, 0.717) is 21.6 Å². The first-order valence-corrected chi connectivity index (χ1v) is 6.40. The van der Waals surface area contributed by atoms with Gasteiger partial charge in [0.1, 0.15) is 0 Å². The van der Waals surface area contributed by atoms with Gasteiger partial charge in [-0.2, -0.15) is 0 Å². The molecule has 1 N–H and O–H groups in total. The van der Waals surface area contributed by atoms with Gasteiger partial charge in [0.2, 0.25) is 15.2 Å². The summed E-state index contributed by atoms with van der Waals surface area (Å²) < 4.78 is 0. The third-order valence-electron chi connectivity index (χ3n) is 1.17. The minimum atomic E-state index is -0.711. The third kappa shape index (κ3) is 31.7. The topological polar surface area (TPSA) is 37.3 Å². The summed E-state index contributed by atoms with van der Waals surface area (Å²) in [5, 5.41) is 10.9. The maximum atomic E-state index is 9.60. The first-order valence-electron chi connectivity index (χ1n) is 4.40. The molecule has 0 fully saturated rings. The van der Waals surface area contributed by atoms with E-state index in [4.69, 9.17) is 5.11 Å². The minimum absolute atomic E-state index is 0. The Morgan fingerprint density at radius 1 is 1.25 bits per heavy atom. The van der Waals surface area contributed by atoms with Crippen LogP contribution < -0.4 is 0 Å². The number of halogens is 1. The largest absolute Gasteiger partial charge is 0.481 e. The highest BCUT2D eigenvalue weighted by Crippen LogP contribution is 1.82. The number of aliphatic carboxylic acids is 1. The summed E-state index contributed by atoms with van der Waals surface area (Å²) in [6, 6.07) is 0. The number of rotatable bonds is 4. The fraction of sp³-hybridized carbons (Fsp3) is 0.875. The maximum absolute atomic E-state index is 9.60. The quantitative estimate of drug-likeness (QED) is 0.725. The van der Waals surface area contributed by atoms with Crippen molar-refractivity contribution in [1.82, 2.24) is 0 Å². The van der Waals surface area contributed by atoms with Crippen molar-refractivity contribution >= 4 is 33.6 Å². The zero-order chi connectivity index (χ0) is 9.11. The molecule has 0 aromatic rings. The van der Waals surface area contributed by atoms with Crippen LogP contribution in [-0.4, -0.2) is 26.3 Å². The molecule has 0 atom stereocenters. The van der Waals surface area contributed by atoms with Gasteiger partial charge in [-0.3, -0.25) is 4.79 Å². The van der Waals surface area contributed by atoms with Crippen LogP contribution in [0.25, 0.3) is 0 Å². The molecule has 0 saturated carbocycles. The van der Waals surface area contributed by atoms with Crippen molar-refractivity contribution in [3.8, 4) is 0 Å². The Morgan fingerprint density at radius 3 is 1.67 bits per heavy atom. The molecule has 12 heavy (non-hydrogen) atoms. The van der Waals surface area contributed by atoms with Crippen molar-refractivity contribution in [3.05, 3.63) is 0 Å². The molecule has 0 bridgehead atoms. The molecule has 0 aliphatic rings. The fourth-order valence-electron chi connectivity index (χ4n) is 0.567. The summed E-state index contributed by atoms with van der Waals surface area (Å²) in [5.74, 6) is -0.711. The maximum Gasteiger partial charge on any atom is 0.303 e. The lowest BCUT2D eigenvalue weighted by Crippen LogP contribution is -1.90. The lowest BCUT2D eigenvalue weighted by molar-refractivity contribution is -0.137. The van der Waals surface area contributed by atoms with Gasteiger partial charge in [-0.05, 0) is 6.42 Å². The van der Waals surface area contributed by atoms with Gasteiger partial charge in [-0.25, -0.2) is 0 Å². The lowest BCUT2D eigenvalue weighted by atomic mass is 10.4. The first-order chi connectivity index (χ1) is 5.18. The molecule has 0 saturated heterocycles. The van der Waals surface area contributed by atoms with E-state index in [-0.39, 0.29) is 12.4 Å². The van der Waals surface area contributed by atoms with Crippen LogP contribution in [0.4, 0.5) is 0 Å². The van der Waals surface area contributed by atoms with E-state index in [9.17, 15) is 4.79 Å². The van der Waals surface area contributed by atoms with Crippen molar-refractivity contribution in [2.24, 2.45) is 0 Å². The Morgan fingerprint density at radius 2 is 1.67 bits per heavy atom. The van der Waals surface area contributed by atoms with Gasteiger partial charge in [0, 0.05) is 6.42 Å². The highest BCUT2D eigenvalue weighted by molar-refractivity contribution is 6.34. The van der Waals surface area contributed by atoms with Gasteiger partial charge in [-0.15, -0.1) is 23.0 Å². The molecule has 0 heterocycles. The smallest absolute Gasteiger partial charge is 0.303 e. The third-order valence-corrected chi connectivity index (χ3v) is 2.59. The van der Waals surface area contributed by atoms with Crippen molar-refractivity contribution in [2.45, 2.75) is 44.2 Å². The van der Waals surface area contributed by atoms with Gasteiger partial charge < -0.3 is 5.11 Å². The van der Waals surface area contributed by atoms with Gasteiger partial charge in [0.15, 0.2) is 0 Å². The molecule has 0 rings (SSSR count). The molecule has 74 valence electrons. The Kier molecular flexibility index (Phi) is 26.3. The van der Waals surface area contributed by atoms with Crippen LogP contribution in [0.3, 0.4) is 0 Å². The van der Waals surface area contributed by atoms with Crippen LogP contribution in [0.1, 0.15) is 33.6 Å². The summed E-state index contributed by atoms with van der Waals surface area (Å²) in [6.45, 7) is 6.39. The van der Waals surface area contributed by atoms with Crippen molar-refractivity contribution in [1.29, 1.82) is 0 Å². The predicted octanol–water partition coefficient (Wildman–Crippen LogP) is 2.59. The Bertz CT molecular complexity index is 87.1. The van der Waals surface area contributed by atoms with Crippen LogP contribution in [0.2, 0.25) is 10.6 Å². The standard InChI is InChI=1S/C4H8O2.2C2H5.Al.ClH.H/c1-2-3-4(5)6;2*1-2;;;/h2-3H2,1H3,(H,5,6);2*1H2,2H3;;1H;. The highest BCUT2D eigenvalue weighted by Gasteiger charge is 1.87.